The minimum absolute atomic E-state index is 0.0705. The second-order valence-corrected chi connectivity index (χ2v) is 5.01. The number of carboxylic acids is 1. The number of amides is 2. The summed E-state index contributed by atoms with van der Waals surface area (Å²) in [5, 5.41) is 11.7. The molecule has 1 unspecified atom stereocenters. The number of methoxy groups -OCH3 is 1. The molecule has 0 aromatic rings. The van der Waals surface area contributed by atoms with Crippen molar-refractivity contribution >= 4 is 12.0 Å². The summed E-state index contributed by atoms with van der Waals surface area (Å²) in [7, 11) is 1.67. The van der Waals surface area contributed by atoms with Gasteiger partial charge in [0.05, 0.1) is 25.2 Å². The van der Waals surface area contributed by atoms with E-state index in [2.05, 4.69) is 5.32 Å². The van der Waals surface area contributed by atoms with E-state index in [1.807, 2.05) is 0 Å². The molecule has 1 aliphatic carbocycles. The van der Waals surface area contributed by atoms with E-state index in [0.29, 0.717) is 19.7 Å². The van der Waals surface area contributed by atoms with E-state index in [-0.39, 0.29) is 24.6 Å². The summed E-state index contributed by atoms with van der Waals surface area (Å²) < 4.78 is 10.5. The van der Waals surface area contributed by atoms with Crippen molar-refractivity contribution in [2.45, 2.75) is 37.5 Å². The number of carbonyl (C=O) groups is 2. The number of hydrogen-bond donors (Lipinski definition) is 2. The van der Waals surface area contributed by atoms with Gasteiger partial charge in [0.2, 0.25) is 0 Å². The lowest BCUT2D eigenvalue weighted by molar-refractivity contribution is -0.141. The van der Waals surface area contributed by atoms with Crippen molar-refractivity contribution in [3.05, 3.63) is 0 Å². The smallest absolute Gasteiger partial charge is 0.317 e. The summed E-state index contributed by atoms with van der Waals surface area (Å²) >= 11 is 0. The van der Waals surface area contributed by atoms with Gasteiger partial charge in [-0.3, -0.25) is 4.79 Å². The summed E-state index contributed by atoms with van der Waals surface area (Å²) in [6.45, 7) is 1.22. The maximum atomic E-state index is 12.0. The van der Waals surface area contributed by atoms with Crippen LogP contribution >= 0.6 is 0 Å². The fraction of sp³-hybridized carbons (Fsp3) is 0.833. The Morgan fingerprint density at radius 1 is 1.47 bits per heavy atom. The lowest BCUT2D eigenvalue weighted by atomic mass is 9.89. The Labute approximate surface area is 111 Å². The van der Waals surface area contributed by atoms with E-state index in [9.17, 15) is 9.59 Å². The molecule has 1 saturated carbocycles. The van der Waals surface area contributed by atoms with Crippen LogP contribution in [0.1, 0.15) is 19.3 Å². The highest BCUT2D eigenvalue weighted by Crippen LogP contribution is 2.22. The van der Waals surface area contributed by atoms with E-state index in [0.717, 1.165) is 12.8 Å². The van der Waals surface area contributed by atoms with Gasteiger partial charge in [-0.15, -0.1) is 0 Å². The number of carbonyl (C=O) groups excluding carboxylic acids is 1. The van der Waals surface area contributed by atoms with Crippen molar-refractivity contribution in [3.8, 4) is 0 Å². The molecule has 0 aromatic heterocycles. The van der Waals surface area contributed by atoms with Gasteiger partial charge in [-0.2, -0.15) is 0 Å². The molecule has 0 aromatic carbocycles. The van der Waals surface area contributed by atoms with Crippen LogP contribution in [0.25, 0.3) is 0 Å². The summed E-state index contributed by atoms with van der Waals surface area (Å²) in [5.74, 6) is -0.908. The van der Waals surface area contributed by atoms with Crippen LogP contribution in [-0.2, 0) is 14.3 Å². The first kappa shape index (κ1) is 14.1. The second kappa shape index (κ2) is 6.21. The lowest BCUT2D eigenvalue weighted by Gasteiger charge is -2.38. The van der Waals surface area contributed by atoms with Crippen molar-refractivity contribution in [2.75, 3.05) is 26.8 Å². The van der Waals surface area contributed by atoms with Crippen molar-refractivity contribution in [1.82, 2.24) is 10.2 Å². The van der Waals surface area contributed by atoms with Gasteiger partial charge in [0.1, 0.15) is 0 Å². The van der Waals surface area contributed by atoms with Gasteiger partial charge in [-0.25, -0.2) is 4.79 Å². The summed E-state index contributed by atoms with van der Waals surface area (Å²) in [4.78, 5) is 24.3. The largest absolute Gasteiger partial charge is 0.481 e. The molecule has 1 saturated heterocycles. The number of carboxylic acid groups (broad SMARTS) is 1. The lowest BCUT2D eigenvalue weighted by Crippen LogP contribution is -2.55. The number of hydrogen-bond acceptors (Lipinski definition) is 4. The molecule has 0 radical (unpaired) electrons. The van der Waals surface area contributed by atoms with Crippen molar-refractivity contribution < 1.29 is 24.2 Å². The summed E-state index contributed by atoms with van der Waals surface area (Å²) in [6.07, 6.45) is 1.44. The maximum absolute atomic E-state index is 12.0. The molecule has 108 valence electrons. The zero-order valence-electron chi connectivity index (χ0n) is 11.0. The van der Waals surface area contributed by atoms with Crippen LogP contribution < -0.4 is 5.32 Å². The highest BCUT2D eigenvalue weighted by molar-refractivity contribution is 5.75. The molecule has 0 spiro atoms. The number of ether oxygens (including phenoxy) is 2. The average molecular weight is 272 g/mol. The monoisotopic (exact) mass is 272 g/mol. The van der Waals surface area contributed by atoms with Gasteiger partial charge in [-0.05, 0) is 12.8 Å². The van der Waals surface area contributed by atoms with Gasteiger partial charge in [0.25, 0.3) is 0 Å². The van der Waals surface area contributed by atoms with Gasteiger partial charge in [0, 0.05) is 26.2 Å². The normalized spacial score (nSPS) is 30.6. The predicted molar refractivity (Wildman–Crippen MR) is 65.9 cm³/mol. The SMILES string of the molecule is COC1CC(NC(=O)N2CCOC(CC(=O)O)C2)C1. The predicted octanol–water partition coefficient (Wildman–Crippen LogP) is 0.0489. The van der Waals surface area contributed by atoms with Crippen molar-refractivity contribution in [1.29, 1.82) is 0 Å². The Hall–Kier alpha value is -1.34. The topological polar surface area (TPSA) is 88.1 Å². The fourth-order valence-corrected chi connectivity index (χ4v) is 2.36. The van der Waals surface area contributed by atoms with Crippen molar-refractivity contribution in [2.24, 2.45) is 0 Å². The molecule has 19 heavy (non-hydrogen) atoms. The summed E-state index contributed by atoms with van der Waals surface area (Å²) in [6, 6.07) is 0.0245. The molecule has 1 aliphatic heterocycles. The van der Waals surface area contributed by atoms with E-state index >= 15 is 0 Å². The highest BCUT2D eigenvalue weighted by atomic mass is 16.5. The zero-order chi connectivity index (χ0) is 13.8. The van der Waals surface area contributed by atoms with Crippen LogP contribution in [0.5, 0.6) is 0 Å². The summed E-state index contributed by atoms with van der Waals surface area (Å²) in [5.41, 5.74) is 0. The first-order valence-corrected chi connectivity index (χ1v) is 6.50. The molecule has 2 rings (SSSR count). The first-order valence-electron chi connectivity index (χ1n) is 6.50. The number of morpholine rings is 1. The minimum atomic E-state index is -0.908. The van der Waals surface area contributed by atoms with Gasteiger partial charge in [0.15, 0.2) is 0 Å². The van der Waals surface area contributed by atoms with E-state index in [1.165, 1.54) is 0 Å². The van der Waals surface area contributed by atoms with Crippen LogP contribution in [0.2, 0.25) is 0 Å². The third-order valence-corrected chi connectivity index (χ3v) is 3.58. The molecular weight excluding hydrogens is 252 g/mol. The van der Waals surface area contributed by atoms with Gasteiger partial charge < -0.3 is 24.8 Å². The Balaban J connectivity index is 1.74. The number of nitrogens with one attached hydrogen (secondary N) is 1. The molecule has 2 amide bonds. The van der Waals surface area contributed by atoms with Crippen LogP contribution in [-0.4, -0.2) is 67.1 Å². The molecule has 2 fully saturated rings. The third-order valence-electron chi connectivity index (χ3n) is 3.58. The van der Waals surface area contributed by atoms with E-state index in [1.54, 1.807) is 12.0 Å². The first-order chi connectivity index (χ1) is 9.08. The minimum Gasteiger partial charge on any atom is -0.481 e. The molecule has 7 heteroatoms. The second-order valence-electron chi connectivity index (χ2n) is 5.01. The number of aliphatic carboxylic acids is 1. The Kier molecular flexibility index (Phi) is 4.60. The van der Waals surface area contributed by atoms with Crippen molar-refractivity contribution in [3.63, 3.8) is 0 Å². The number of urea groups is 1. The maximum Gasteiger partial charge on any atom is 0.317 e. The fourth-order valence-electron chi connectivity index (χ4n) is 2.36. The Morgan fingerprint density at radius 3 is 2.84 bits per heavy atom. The van der Waals surface area contributed by atoms with Crippen LogP contribution in [0.15, 0.2) is 0 Å². The highest BCUT2D eigenvalue weighted by Gasteiger charge is 2.32. The third kappa shape index (κ3) is 3.81. The molecule has 2 N–H and O–H groups in total. The van der Waals surface area contributed by atoms with Gasteiger partial charge in [-0.1, -0.05) is 0 Å². The van der Waals surface area contributed by atoms with Gasteiger partial charge >= 0.3 is 12.0 Å². The quantitative estimate of drug-likeness (QED) is 0.755. The molecular formula is C12H20N2O5. The molecule has 2 aliphatic rings. The number of rotatable bonds is 4. The van der Waals surface area contributed by atoms with Crippen LogP contribution in [0.3, 0.4) is 0 Å². The molecule has 1 atom stereocenters. The Bertz CT molecular complexity index is 343. The van der Waals surface area contributed by atoms with E-state index < -0.39 is 12.1 Å². The molecule has 0 bridgehead atoms. The Morgan fingerprint density at radius 2 is 2.21 bits per heavy atom. The average Bonchev–Trinajstić information content (AvgIpc) is 2.32. The molecule has 7 nitrogen and oxygen atoms in total. The van der Waals surface area contributed by atoms with Crippen LogP contribution in [0, 0.1) is 0 Å². The van der Waals surface area contributed by atoms with E-state index in [4.69, 9.17) is 14.6 Å². The number of nitrogens with zero attached hydrogens (tertiary/aromatic N) is 1. The van der Waals surface area contributed by atoms with Crippen LogP contribution in [0.4, 0.5) is 4.79 Å². The molecule has 1 heterocycles. The zero-order valence-corrected chi connectivity index (χ0v) is 11.0. The standard InChI is InChI=1S/C12H20N2O5/c1-18-9-4-8(5-9)13-12(17)14-2-3-19-10(7-14)6-11(15)16/h8-10H,2-7H2,1H3,(H,13,17)(H,15,16).